The molecule has 0 aromatic rings. The summed E-state index contributed by atoms with van der Waals surface area (Å²) >= 11 is 0. The number of allylic oxidation sites excluding steroid dienone is 4. The second kappa shape index (κ2) is 4.10. The van der Waals surface area contributed by atoms with Gasteiger partial charge in [0.25, 0.3) is 10.1 Å². The van der Waals surface area contributed by atoms with E-state index in [1.54, 1.807) is 13.0 Å². The zero-order valence-corrected chi connectivity index (χ0v) is 7.00. The maximum atomic E-state index is 10.5. The van der Waals surface area contributed by atoms with Crippen LogP contribution in [-0.2, 0) is 10.1 Å². The van der Waals surface area contributed by atoms with Crippen LogP contribution in [0.25, 0.3) is 0 Å². The first-order chi connectivity index (χ1) is 5.02. The second-order valence-corrected chi connectivity index (χ2v) is 3.20. The summed E-state index contributed by atoms with van der Waals surface area (Å²) in [4.78, 5) is -0.199. The average molecular weight is 174 g/mol. The molecule has 0 fully saturated rings. The third-order valence-electron chi connectivity index (χ3n) is 0.952. The highest BCUT2D eigenvalue weighted by atomic mass is 32.2. The molecule has 4 heteroatoms. The van der Waals surface area contributed by atoms with Crippen LogP contribution in [0, 0.1) is 0 Å². The molecule has 3 nitrogen and oxygen atoms in total. The number of rotatable bonds is 3. The molecule has 0 aliphatic heterocycles. The summed E-state index contributed by atoms with van der Waals surface area (Å²) in [6, 6.07) is 0. The van der Waals surface area contributed by atoms with Gasteiger partial charge in [-0.15, -0.1) is 0 Å². The third kappa shape index (κ3) is 3.75. The van der Waals surface area contributed by atoms with E-state index in [4.69, 9.17) is 4.55 Å². The van der Waals surface area contributed by atoms with Gasteiger partial charge >= 0.3 is 0 Å². The molecule has 0 heterocycles. The van der Waals surface area contributed by atoms with Crippen molar-refractivity contribution < 1.29 is 13.0 Å². The zero-order valence-electron chi connectivity index (χ0n) is 6.19. The van der Waals surface area contributed by atoms with Gasteiger partial charge in [0.05, 0.1) is 4.91 Å². The first-order valence-corrected chi connectivity index (χ1v) is 4.39. The molecule has 0 radical (unpaired) electrons. The molecule has 0 aromatic carbocycles. The predicted octanol–water partition coefficient (Wildman–Crippen LogP) is 1.52. The highest BCUT2D eigenvalue weighted by Crippen LogP contribution is 2.04. The van der Waals surface area contributed by atoms with Crippen molar-refractivity contribution in [2.24, 2.45) is 0 Å². The van der Waals surface area contributed by atoms with E-state index in [0.29, 0.717) is 0 Å². The summed E-state index contributed by atoms with van der Waals surface area (Å²) in [5.41, 5.74) is 0. The van der Waals surface area contributed by atoms with E-state index >= 15 is 0 Å². The topological polar surface area (TPSA) is 54.4 Å². The van der Waals surface area contributed by atoms with E-state index in [1.165, 1.54) is 12.2 Å². The molecule has 0 atom stereocenters. The molecule has 0 aliphatic rings. The average Bonchev–Trinajstić information content (AvgIpc) is 1.87. The first-order valence-electron chi connectivity index (χ1n) is 2.95. The summed E-state index contributed by atoms with van der Waals surface area (Å²) in [7, 11) is -4.10. The van der Waals surface area contributed by atoms with Crippen molar-refractivity contribution in [1.82, 2.24) is 0 Å². The van der Waals surface area contributed by atoms with Gasteiger partial charge in [-0.05, 0) is 19.1 Å². The van der Waals surface area contributed by atoms with Crippen molar-refractivity contribution in [3.8, 4) is 0 Å². The summed E-state index contributed by atoms with van der Waals surface area (Å²) < 4.78 is 29.4. The maximum absolute atomic E-state index is 10.5. The van der Waals surface area contributed by atoms with Crippen molar-refractivity contribution in [2.75, 3.05) is 0 Å². The van der Waals surface area contributed by atoms with Crippen molar-refractivity contribution in [2.45, 2.75) is 6.92 Å². The lowest BCUT2D eigenvalue weighted by Gasteiger charge is -1.92. The van der Waals surface area contributed by atoms with Gasteiger partial charge in [-0.3, -0.25) is 4.55 Å². The van der Waals surface area contributed by atoms with Crippen molar-refractivity contribution in [1.29, 1.82) is 0 Å². The summed E-state index contributed by atoms with van der Waals surface area (Å²) in [5, 5.41) is 0. The fraction of sp³-hybridized carbons (Fsp3) is 0.143. The van der Waals surface area contributed by atoms with Crippen LogP contribution in [0.2, 0.25) is 0 Å². The van der Waals surface area contributed by atoms with Crippen molar-refractivity contribution in [3.05, 3.63) is 35.8 Å². The van der Waals surface area contributed by atoms with Crippen molar-refractivity contribution in [3.63, 3.8) is 0 Å². The Balaban J connectivity index is 4.84. The second-order valence-electron chi connectivity index (χ2n) is 1.77. The van der Waals surface area contributed by atoms with Gasteiger partial charge in [0, 0.05) is 0 Å². The van der Waals surface area contributed by atoms with E-state index < -0.39 is 10.1 Å². The lowest BCUT2D eigenvalue weighted by atomic mass is 10.4. The Morgan fingerprint density at radius 2 is 2.09 bits per heavy atom. The Bertz CT molecular complexity index is 283. The largest absolute Gasteiger partial charge is 0.294 e. The van der Waals surface area contributed by atoms with Gasteiger partial charge < -0.3 is 0 Å². The van der Waals surface area contributed by atoms with Crippen LogP contribution in [0.5, 0.6) is 0 Å². The molecule has 0 aliphatic carbocycles. The Kier molecular flexibility index (Phi) is 3.78. The van der Waals surface area contributed by atoms with Crippen LogP contribution in [0.3, 0.4) is 0 Å². The van der Waals surface area contributed by atoms with Gasteiger partial charge in [0.1, 0.15) is 0 Å². The van der Waals surface area contributed by atoms with Gasteiger partial charge in [-0.1, -0.05) is 18.7 Å². The highest BCUT2D eigenvalue weighted by Gasteiger charge is 2.07. The first kappa shape index (κ1) is 10.1. The molecular weight excluding hydrogens is 164 g/mol. The molecule has 0 aromatic heterocycles. The molecule has 0 amide bonds. The van der Waals surface area contributed by atoms with E-state index in [9.17, 15) is 8.42 Å². The molecular formula is C7H10O3S. The number of hydrogen-bond acceptors (Lipinski definition) is 2. The quantitative estimate of drug-likeness (QED) is 0.521. The SMILES string of the molecule is C=C/C(=C\C=C/C)S(=O)(=O)O. The van der Waals surface area contributed by atoms with Gasteiger partial charge in [-0.25, -0.2) is 0 Å². The van der Waals surface area contributed by atoms with Crippen LogP contribution >= 0.6 is 0 Å². The minimum absolute atomic E-state index is 0.199. The lowest BCUT2D eigenvalue weighted by Crippen LogP contribution is -1.98. The lowest BCUT2D eigenvalue weighted by molar-refractivity contribution is 0.492. The summed E-state index contributed by atoms with van der Waals surface area (Å²) in [6.07, 6.45) is 5.50. The van der Waals surface area contributed by atoms with Crippen LogP contribution in [-0.4, -0.2) is 13.0 Å². The predicted molar refractivity (Wildman–Crippen MR) is 44.6 cm³/mol. The Morgan fingerprint density at radius 3 is 2.36 bits per heavy atom. The van der Waals surface area contributed by atoms with E-state index in [2.05, 4.69) is 6.58 Å². The van der Waals surface area contributed by atoms with Crippen molar-refractivity contribution >= 4 is 10.1 Å². The molecule has 0 unspecified atom stereocenters. The monoisotopic (exact) mass is 174 g/mol. The summed E-state index contributed by atoms with van der Waals surface area (Å²) in [6.45, 7) is 4.98. The van der Waals surface area contributed by atoms with E-state index in [1.807, 2.05) is 0 Å². The minimum Gasteiger partial charge on any atom is -0.282 e. The third-order valence-corrected chi connectivity index (χ3v) is 1.85. The molecule has 0 saturated heterocycles. The molecule has 62 valence electrons. The molecule has 11 heavy (non-hydrogen) atoms. The van der Waals surface area contributed by atoms with E-state index in [-0.39, 0.29) is 4.91 Å². The van der Waals surface area contributed by atoms with Gasteiger partial charge in [0.15, 0.2) is 0 Å². The minimum atomic E-state index is -4.10. The molecule has 1 N–H and O–H groups in total. The van der Waals surface area contributed by atoms with Crippen LogP contribution in [0.1, 0.15) is 6.92 Å². The molecule has 0 bridgehead atoms. The maximum Gasteiger partial charge on any atom is 0.294 e. The zero-order chi connectivity index (χ0) is 8.91. The smallest absolute Gasteiger partial charge is 0.282 e. The van der Waals surface area contributed by atoms with Gasteiger partial charge in [0.2, 0.25) is 0 Å². The standard InChI is InChI=1S/C7H10O3S/c1-3-5-6-7(4-2)11(8,9)10/h3-6H,2H2,1H3,(H,8,9,10)/b5-3-,7-6+. The van der Waals surface area contributed by atoms with Crippen LogP contribution in [0.15, 0.2) is 35.8 Å². The fourth-order valence-electron chi connectivity index (χ4n) is 0.450. The van der Waals surface area contributed by atoms with Crippen LogP contribution < -0.4 is 0 Å². The molecule has 0 rings (SSSR count). The van der Waals surface area contributed by atoms with Crippen LogP contribution in [0.4, 0.5) is 0 Å². The van der Waals surface area contributed by atoms with Gasteiger partial charge in [-0.2, -0.15) is 8.42 Å². The Hall–Kier alpha value is -0.870. The highest BCUT2D eigenvalue weighted by molar-refractivity contribution is 7.90. The Labute approximate surface area is 66.5 Å². The fourth-order valence-corrected chi connectivity index (χ4v) is 0.912. The normalized spacial score (nSPS) is 13.8. The molecule has 0 saturated carbocycles. The summed E-state index contributed by atoms with van der Waals surface area (Å²) in [5.74, 6) is 0. The number of hydrogen-bond donors (Lipinski definition) is 1. The van der Waals surface area contributed by atoms with E-state index in [0.717, 1.165) is 6.08 Å². The Morgan fingerprint density at radius 1 is 1.55 bits per heavy atom. The molecule has 0 spiro atoms.